The second kappa shape index (κ2) is 20.2. The van der Waals surface area contributed by atoms with Crippen molar-refractivity contribution in [3.63, 3.8) is 0 Å². The molecule has 11 nitrogen and oxygen atoms in total. The number of anilines is 1. The summed E-state index contributed by atoms with van der Waals surface area (Å²) < 4.78 is 17.5. The minimum atomic E-state index is -0.182. The zero-order valence-electron chi connectivity index (χ0n) is 38.2. The predicted molar refractivity (Wildman–Crippen MR) is 269 cm³/mol. The smallest absolute Gasteiger partial charge is 0.159 e. The van der Waals surface area contributed by atoms with E-state index in [0.717, 1.165) is 117 Å². The van der Waals surface area contributed by atoms with Crippen LogP contribution in [0.4, 0.5) is 5.82 Å². The van der Waals surface area contributed by atoms with Gasteiger partial charge in [-0.1, -0.05) is 47.0 Å². The van der Waals surface area contributed by atoms with Gasteiger partial charge in [-0.2, -0.15) is 0 Å². The number of aromatic nitrogens is 7. The molecular formula is C55H57ClN8O3. The Bertz CT molecular complexity index is 2910. The number of ether oxygens (including phenoxy) is 2. The largest absolute Gasteiger partial charge is 0.393 e. The molecule has 0 amide bonds. The van der Waals surface area contributed by atoms with E-state index in [1.165, 1.54) is 44.2 Å². The quantitative estimate of drug-likeness (QED) is 0.176. The number of aliphatic hydroxyl groups excluding tert-OH is 1. The van der Waals surface area contributed by atoms with Gasteiger partial charge < -0.3 is 28.6 Å². The summed E-state index contributed by atoms with van der Waals surface area (Å²) in [5, 5.41) is 19.1. The van der Waals surface area contributed by atoms with Crippen molar-refractivity contribution in [1.82, 2.24) is 33.9 Å². The maximum atomic E-state index is 9.73. The molecule has 0 unspecified atom stereocenters. The van der Waals surface area contributed by atoms with Crippen LogP contribution in [0.3, 0.4) is 0 Å². The van der Waals surface area contributed by atoms with Crippen LogP contribution in [0.2, 0.25) is 5.02 Å². The molecular weight excluding hydrogens is 856 g/mol. The summed E-state index contributed by atoms with van der Waals surface area (Å²) in [4.78, 5) is 15.2. The summed E-state index contributed by atoms with van der Waals surface area (Å²) in [7, 11) is 0. The summed E-state index contributed by atoms with van der Waals surface area (Å²) in [5.74, 6) is 2.13. The summed E-state index contributed by atoms with van der Waals surface area (Å²) in [6, 6.07) is 31.2. The van der Waals surface area contributed by atoms with Crippen molar-refractivity contribution in [3.8, 4) is 17.1 Å². The lowest BCUT2D eigenvalue weighted by atomic mass is 9.92. The molecule has 3 saturated heterocycles. The molecule has 12 rings (SSSR count). The van der Waals surface area contributed by atoms with E-state index in [1.807, 2.05) is 72.2 Å². The normalized spacial score (nSPS) is 16.2. The molecule has 67 heavy (non-hydrogen) atoms. The summed E-state index contributed by atoms with van der Waals surface area (Å²) in [5.41, 5.74) is 12.0. The van der Waals surface area contributed by atoms with Crippen LogP contribution < -0.4 is 4.90 Å². The van der Waals surface area contributed by atoms with Gasteiger partial charge in [0.25, 0.3) is 0 Å². The highest BCUT2D eigenvalue weighted by atomic mass is 35.5. The molecule has 3 aliphatic rings. The third-order valence-electron chi connectivity index (χ3n) is 13.5. The number of halogens is 1. The van der Waals surface area contributed by atoms with E-state index in [9.17, 15) is 5.11 Å². The molecule has 1 N–H and O–H groups in total. The number of hydrogen-bond acceptors (Lipinski definition) is 8. The second-order valence-corrected chi connectivity index (χ2v) is 18.4. The van der Waals surface area contributed by atoms with Crippen LogP contribution in [-0.4, -0.2) is 84.6 Å². The van der Waals surface area contributed by atoms with E-state index in [1.54, 1.807) is 0 Å². The van der Waals surface area contributed by atoms with Crippen molar-refractivity contribution in [3.05, 3.63) is 168 Å². The van der Waals surface area contributed by atoms with Gasteiger partial charge in [-0.3, -0.25) is 15.0 Å². The number of pyridine rings is 3. The highest BCUT2D eigenvalue weighted by molar-refractivity contribution is 6.30. The van der Waals surface area contributed by atoms with Crippen molar-refractivity contribution in [2.45, 2.75) is 70.3 Å². The lowest BCUT2D eigenvalue weighted by Gasteiger charge is -2.29. The molecule has 0 bridgehead atoms. The Hall–Kier alpha value is -6.37. The molecule has 12 heteroatoms. The molecule has 3 aliphatic heterocycles. The van der Waals surface area contributed by atoms with E-state index >= 15 is 0 Å². The topological polar surface area (TPSA) is 108 Å². The van der Waals surface area contributed by atoms with Crippen molar-refractivity contribution in [2.75, 3.05) is 44.4 Å². The number of aliphatic hydroxyl groups is 1. The van der Waals surface area contributed by atoms with Crippen molar-refractivity contribution in [1.29, 1.82) is 0 Å². The maximum absolute atomic E-state index is 9.73. The molecule has 9 aromatic rings. The number of fused-ring (bicyclic) bond motifs is 3. The standard InChI is InChI=1S/C19H20N2O.C18H17ClN2O.C18H20N4O/c1-14-2-4-16(5-3-14)21-13-18(15-7-10-22-11-8-15)17-6-9-20-12-19(17)21;19-14-1-3-15(4-2-14)21-12-17(13-6-9-22-10-7-13)16-5-8-20-11-18(16)21;1-13-2-4-14(5-3-13)22-17-12-19-9-6-16(17)18(20-22)21-10-7-15(23)8-11-21/h2-6,9,12-13,15H,7-8,10-11H2,1H3;1-5,8,11-13H,6-7,9-10H2;2-6,9,12,15,23H,7-8,10-11H2,1H3. The molecule has 0 radical (unpaired) electrons. The average Bonchev–Trinajstić information content (AvgIpc) is 4.09. The van der Waals surface area contributed by atoms with Crippen molar-refractivity contribution < 1.29 is 14.6 Å². The van der Waals surface area contributed by atoms with Gasteiger partial charge in [-0.15, -0.1) is 5.10 Å². The summed E-state index contributed by atoms with van der Waals surface area (Å²) >= 11 is 6.01. The van der Waals surface area contributed by atoms with Crippen LogP contribution in [0.15, 0.2) is 141 Å². The number of benzene rings is 3. The molecule has 3 aromatic carbocycles. The van der Waals surface area contributed by atoms with E-state index in [2.05, 4.69) is 116 Å². The SMILES string of the molecule is Cc1ccc(-n2cc(C3CCOCC3)c3ccncc32)cc1.Cc1ccc(-n2nc(N3CCC(O)CC3)c3ccncc32)cc1.Clc1ccc(-n2cc(C3CCOCC3)c3ccncc32)cc1. The van der Waals surface area contributed by atoms with E-state index < -0.39 is 0 Å². The van der Waals surface area contributed by atoms with Gasteiger partial charge in [0.05, 0.1) is 46.9 Å². The van der Waals surface area contributed by atoms with Gasteiger partial charge in [0.1, 0.15) is 0 Å². The molecule has 342 valence electrons. The van der Waals surface area contributed by atoms with Crippen LogP contribution in [0.1, 0.15) is 72.6 Å². The van der Waals surface area contributed by atoms with Gasteiger partial charge in [0.15, 0.2) is 5.82 Å². The third kappa shape index (κ3) is 9.74. The van der Waals surface area contributed by atoms with Crippen molar-refractivity contribution in [2.24, 2.45) is 0 Å². The van der Waals surface area contributed by atoms with Crippen molar-refractivity contribution >= 4 is 50.1 Å². The predicted octanol–water partition coefficient (Wildman–Crippen LogP) is 11.5. The van der Waals surface area contributed by atoms with Gasteiger partial charge in [-0.25, -0.2) is 4.68 Å². The Morgan fingerprint density at radius 3 is 1.45 bits per heavy atom. The highest BCUT2D eigenvalue weighted by Gasteiger charge is 2.24. The first-order chi connectivity index (χ1) is 32.9. The van der Waals surface area contributed by atoms with Gasteiger partial charge in [-0.05, 0) is 142 Å². The molecule has 9 heterocycles. The van der Waals surface area contributed by atoms with E-state index in [0.29, 0.717) is 11.8 Å². The Morgan fingerprint density at radius 1 is 0.522 bits per heavy atom. The lowest BCUT2D eigenvalue weighted by molar-refractivity contribution is 0.0855. The number of aryl methyl sites for hydroxylation is 2. The Morgan fingerprint density at radius 2 is 0.955 bits per heavy atom. The van der Waals surface area contributed by atoms with Crippen LogP contribution >= 0.6 is 11.6 Å². The summed E-state index contributed by atoms with van der Waals surface area (Å²) in [6.07, 6.45) is 21.7. The number of hydrogen-bond donors (Lipinski definition) is 1. The second-order valence-electron chi connectivity index (χ2n) is 18.0. The Labute approximate surface area is 396 Å². The minimum absolute atomic E-state index is 0.182. The molecule has 6 aromatic heterocycles. The van der Waals surface area contributed by atoms with Crippen LogP contribution in [0.5, 0.6) is 0 Å². The van der Waals surface area contributed by atoms with Crippen LogP contribution in [-0.2, 0) is 9.47 Å². The zero-order valence-corrected chi connectivity index (χ0v) is 39.0. The van der Waals surface area contributed by atoms with Crippen LogP contribution in [0.25, 0.3) is 49.8 Å². The monoisotopic (exact) mass is 912 g/mol. The highest BCUT2D eigenvalue weighted by Crippen LogP contribution is 2.37. The number of nitrogens with zero attached hydrogens (tertiary/aromatic N) is 8. The van der Waals surface area contributed by atoms with Crippen LogP contribution in [0, 0.1) is 13.8 Å². The first-order valence-electron chi connectivity index (χ1n) is 23.6. The molecule has 0 aliphatic carbocycles. The molecule has 0 saturated carbocycles. The zero-order chi connectivity index (χ0) is 45.7. The van der Waals surface area contributed by atoms with Gasteiger partial charge in [0, 0.05) is 103 Å². The molecule has 0 spiro atoms. The van der Waals surface area contributed by atoms with Gasteiger partial charge in [0.2, 0.25) is 0 Å². The molecule has 3 fully saturated rings. The van der Waals surface area contributed by atoms with Gasteiger partial charge >= 0.3 is 0 Å². The summed E-state index contributed by atoms with van der Waals surface area (Å²) in [6.45, 7) is 9.31. The number of rotatable bonds is 6. The number of piperidine rings is 1. The molecule has 0 atom stereocenters. The fourth-order valence-corrected chi connectivity index (χ4v) is 9.87. The fraction of sp³-hybridized carbons (Fsp3) is 0.309. The Kier molecular flexibility index (Phi) is 13.4. The lowest BCUT2D eigenvalue weighted by Crippen LogP contribution is -2.36. The first kappa shape index (κ1) is 44.5. The van der Waals surface area contributed by atoms with E-state index in [-0.39, 0.29) is 6.10 Å². The average molecular weight is 914 g/mol. The minimum Gasteiger partial charge on any atom is -0.393 e. The first-order valence-corrected chi connectivity index (χ1v) is 24.0. The fourth-order valence-electron chi connectivity index (χ4n) is 9.74. The van der Waals surface area contributed by atoms with E-state index in [4.69, 9.17) is 26.2 Å². The third-order valence-corrected chi connectivity index (χ3v) is 13.8. The maximum Gasteiger partial charge on any atom is 0.159 e. The Balaban J connectivity index is 0.000000118.